The Morgan fingerprint density at radius 1 is 1.40 bits per heavy atom. The van der Waals surface area contributed by atoms with E-state index >= 15 is 0 Å². The minimum absolute atomic E-state index is 0.227. The molecule has 1 aromatic carbocycles. The predicted octanol–water partition coefficient (Wildman–Crippen LogP) is 0.0577. The van der Waals surface area contributed by atoms with Gasteiger partial charge in [0.25, 0.3) is 0 Å². The van der Waals surface area contributed by atoms with E-state index in [0.717, 1.165) is 5.56 Å². The van der Waals surface area contributed by atoms with E-state index in [0.29, 0.717) is 5.92 Å². The van der Waals surface area contributed by atoms with Gasteiger partial charge in [-0.25, -0.2) is 0 Å². The number of hydrogen-bond acceptors (Lipinski definition) is 1. The first kappa shape index (κ1) is 11.7. The van der Waals surface area contributed by atoms with Gasteiger partial charge in [0, 0.05) is 5.56 Å². The van der Waals surface area contributed by atoms with E-state index in [-0.39, 0.29) is 5.11 Å². The van der Waals surface area contributed by atoms with Crippen LogP contribution in [0.3, 0.4) is 0 Å². The summed E-state index contributed by atoms with van der Waals surface area (Å²) in [5.41, 5.74) is 10.3. The Labute approximate surface area is 95.4 Å². The standard InChI is InChI=1S/C11H15N3S/c1-8(2)10-5-3-9(4-6-10)7-13-14-11(12)15/h3-8H,1-2H3,(H3,12,14,15)/p+1. The second-order valence-corrected chi connectivity index (χ2v) is 4.04. The molecule has 0 aliphatic heterocycles. The van der Waals surface area contributed by atoms with Gasteiger partial charge in [-0.3, -0.25) is 0 Å². The van der Waals surface area contributed by atoms with Crippen molar-refractivity contribution in [3.05, 3.63) is 35.4 Å². The molecule has 15 heavy (non-hydrogen) atoms. The van der Waals surface area contributed by atoms with Gasteiger partial charge in [-0.1, -0.05) is 26.0 Å². The average Bonchev–Trinajstić information content (AvgIpc) is 2.18. The highest BCUT2D eigenvalue weighted by Gasteiger charge is 1.98. The first-order valence-electron chi connectivity index (χ1n) is 4.83. The Hall–Kier alpha value is -1.42. The number of nitrogens with two attached hydrogens (primary N) is 1. The molecule has 0 bridgehead atoms. The van der Waals surface area contributed by atoms with Crippen molar-refractivity contribution in [2.24, 2.45) is 5.73 Å². The third-order valence-corrected chi connectivity index (χ3v) is 2.14. The lowest BCUT2D eigenvalue weighted by Gasteiger charge is -2.03. The lowest BCUT2D eigenvalue weighted by atomic mass is 10.0. The molecule has 0 radical (unpaired) electrons. The van der Waals surface area contributed by atoms with Crippen LogP contribution in [0, 0.1) is 0 Å². The summed E-state index contributed by atoms with van der Waals surface area (Å²) in [6.45, 7) is 4.34. The zero-order valence-corrected chi connectivity index (χ0v) is 9.77. The quantitative estimate of drug-likeness (QED) is 0.385. The SMILES string of the molecule is CC(C)c1ccc(C=[NH+]NC(N)=S)cc1. The van der Waals surface area contributed by atoms with Gasteiger partial charge in [0.15, 0.2) is 6.21 Å². The summed E-state index contributed by atoms with van der Waals surface area (Å²) in [7, 11) is 0. The fourth-order valence-corrected chi connectivity index (χ4v) is 1.23. The van der Waals surface area contributed by atoms with Crippen LogP contribution in [0.4, 0.5) is 0 Å². The molecule has 0 aromatic heterocycles. The van der Waals surface area contributed by atoms with Gasteiger partial charge in [0.05, 0.1) is 0 Å². The van der Waals surface area contributed by atoms with Gasteiger partial charge >= 0.3 is 0 Å². The van der Waals surface area contributed by atoms with E-state index in [2.05, 4.69) is 48.7 Å². The monoisotopic (exact) mass is 222 g/mol. The average molecular weight is 222 g/mol. The van der Waals surface area contributed by atoms with Crippen molar-refractivity contribution in [1.29, 1.82) is 0 Å². The number of rotatable bonds is 3. The molecule has 0 heterocycles. The number of thiocarbonyl (C=S) groups is 1. The predicted molar refractivity (Wildman–Crippen MR) is 66.6 cm³/mol. The van der Waals surface area contributed by atoms with Crippen LogP contribution in [-0.2, 0) is 0 Å². The van der Waals surface area contributed by atoms with Gasteiger partial charge < -0.3 is 5.73 Å². The Kier molecular flexibility index (Phi) is 4.24. The minimum Gasteiger partial charge on any atom is -0.372 e. The summed E-state index contributed by atoms with van der Waals surface area (Å²) in [6.07, 6.45) is 1.81. The van der Waals surface area contributed by atoms with Crippen LogP contribution in [0.15, 0.2) is 24.3 Å². The molecule has 0 saturated carbocycles. The molecule has 1 aromatic rings. The van der Waals surface area contributed by atoms with E-state index < -0.39 is 0 Å². The number of hydrazine groups is 1. The van der Waals surface area contributed by atoms with Crippen LogP contribution in [0.2, 0.25) is 0 Å². The molecule has 0 spiro atoms. The lowest BCUT2D eigenvalue weighted by Crippen LogP contribution is -2.82. The Bertz CT molecular complexity index is 355. The van der Waals surface area contributed by atoms with Gasteiger partial charge in [0.2, 0.25) is 5.11 Å². The molecule has 0 atom stereocenters. The molecule has 80 valence electrons. The smallest absolute Gasteiger partial charge is 0.221 e. The molecule has 0 unspecified atom stereocenters. The van der Waals surface area contributed by atoms with E-state index in [1.54, 1.807) is 0 Å². The summed E-state index contributed by atoms with van der Waals surface area (Å²) in [5.74, 6) is 0.557. The second kappa shape index (κ2) is 5.46. The first-order chi connectivity index (χ1) is 7.09. The summed E-state index contributed by atoms with van der Waals surface area (Å²) in [5, 5.41) is 3.04. The summed E-state index contributed by atoms with van der Waals surface area (Å²) < 4.78 is 0. The Morgan fingerprint density at radius 2 is 2.00 bits per heavy atom. The third-order valence-electron chi connectivity index (χ3n) is 2.04. The lowest BCUT2D eigenvalue weighted by molar-refractivity contribution is -0.499. The molecule has 3 nitrogen and oxygen atoms in total. The van der Waals surface area contributed by atoms with Crippen molar-refractivity contribution < 1.29 is 5.10 Å². The van der Waals surface area contributed by atoms with Crippen molar-refractivity contribution in [2.75, 3.05) is 0 Å². The van der Waals surface area contributed by atoms with Crippen LogP contribution < -0.4 is 16.3 Å². The normalized spacial score (nSPS) is 10.9. The highest BCUT2D eigenvalue weighted by Crippen LogP contribution is 2.13. The molecular weight excluding hydrogens is 206 g/mol. The van der Waals surface area contributed by atoms with Crippen molar-refractivity contribution >= 4 is 23.5 Å². The summed E-state index contributed by atoms with van der Waals surface area (Å²) in [4.78, 5) is 0. The first-order valence-corrected chi connectivity index (χ1v) is 5.24. The summed E-state index contributed by atoms with van der Waals surface area (Å²) >= 11 is 4.65. The maximum absolute atomic E-state index is 5.26. The highest BCUT2D eigenvalue weighted by atomic mass is 32.1. The van der Waals surface area contributed by atoms with Crippen LogP contribution in [0.25, 0.3) is 0 Å². The van der Waals surface area contributed by atoms with Gasteiger partial charge in [-0.05, 0) is 35.8 Å². The molecule has 0 aliphatic carbocycles. The third kappa shape index (κ3) is 4.08. The Balaban J connectivity index is 2.64. The molecule has 0 fully saturated rings. The maximum atomic E-state index is 5.26. The zero-order valence-electron chi connectivity index (χ0n) is 8.95. The van der Waals surface area contributed by atoms with Crippen LogP contribution >= 0.6 is 12.2 Å². The molecule has 4 heteroatoms. The highest BCUT2D eigenvalue weighted by molar-refractivity contribution is 7.80. The fourth-order valence-electron chi connectivity index (χ4n) is 1.17. The zero-order chi connectivity index (χ0) is 11.3. The topological polar surface area (TPSA) is 52.0 Å². The molecule has 0 saturated heterocycles. The molecule has 0 aliphatic rings. The Morgan fingerprint density at radius 3 is 2.47 bits per heavy atom. The van der Waals surface area contributed by atoms with Crippen molar-refractivity contribution in [1.82, 2.24) is 5.43 Å². The van der Waals surface area contributed by atoms with Crippen molar-refractivity contribution in [2.45, 2.75) is 19.8 Å². The van der Waals surface area contributed by atoms with Crippen LogP contribution in [0.1, 0.15) is 30.9 Å². The van der Waals surface area contributed by atoms with E-state index in [9.17, 15) is 0 Å². The number of hydrazone groups is 1. The van der Waals surface area contributed by atoms with Crippen molar-refractivity contribution in [3.63, 3.8) is 0 Å². The van der Waals surface area contributed by atoms with Gasteiger partial charge in [0.1, 0.15) is 0 Å². The van der Waals surface area contributed by atoms with E-state index in [4.69, 9.17) is 5.73 Å². The minimum atomic E-state index is 0.227. The molecular formula is C11H16N3S+. The molecule has 1 rings (SSSR count). The number of nitrogens with one attached hydrogen (secondary N) is 2. The van der Waals surface area contributed by atoms with Crippen molar-refractivity contribution in [3.8, 4) is 0 Å². The van der Waals surface area contributed by atoms with E-state index in [1.165, 1.54) is 5.56 Å². The number of hydrogen-bond donors (Lipinski definition) is 3. The molecule has 0 amide bonds. The molecule has 4 N–H and O–H groups in total. The van der Waals surface area contributed by atoms with E-state index in [1.807, 2.05) is 18.3 Å². The van der Waals surface area contributed by atoms with Crippen LogP contribution in [0.5, 0.6) is 0 Å². The van der Waals surface area contributed by atoms with Gasteiger partial charge in [-0.2, -0.15) is 0 Å². The largest absolute Gasteiger partial charge is 0.372 e. The second-order valence-electron chi connectivity index (χ2n) is 3.60. The maximum Gasteiger partial charge on any atom is 0.221 e. The fraction of sp³-hybridized carbons (Fsp3) is 0.273. The van der Waals surface area contributed by atoms with Crippen LogP contribution in [-0.4, -0.2) is 11.3 Å². The van der Waals surface area contributed by atoms with Gasteiger partial charge in [-0.15, -0.1) is 10.5 Å². The summed E-state index contributed by atoms with van der Waals surface area (Å²) in [6, 6.07) is 8.31. The number of benzene rings is 1.